The number of carbonyl (C=O) groups is 2. The third-order valence-electron chi connectivity index (χ3n) is 5.07. The number of benzene rings is 2. The number of halogens is 2. The molecule has 0 saturated carbocycles. The van der Waals surface area contributed by atoms with Gasteiger partial charge >= 0.3 is 0 Å². The van der Waals surface area contributed by atoms with E-state index in [4.69, 9.17) is 0 Å². The van der Waals surface area contributed by atoms with E-state index in [2.05, 4.69) is 0 Å². The summed E-state index contributed by atoms with van der Waals surface area (Å²) in [7, 11) is 3.79. The summed E-state index contributed by atoms with van der Waals surface area (Å²) in [6, 6.07) is 12.4. The summed E-state index contributed by atoms with van der Waals surface area (Å²) in [6.07, 6.45) is 0.0168. The topological polar surface area (TPSA) is 43.9 Å². The molecule has 0 bridgehead atoms. The van der Waals surface area contributed by atoms with Crippen molar-refractivity contribution < 1.29 is 18.4 Å². The van der Waals surface area contributed by atoms with Crippen LogP contribution in [0, 0.1) is 17.6 Å². The minimum absolute atomic E-state index is 0.0168. The van der Waals surface area contributed by atoms with Gasteiger partial charge in [-0.1, -0.05) is 30.3 Å². The van der Waals surface area contributed by atoms with Crippen molar-refractivity contribution in [3.8, 4) is 0 Å². The maximum absolute atomic E-state index is 14.1. The Morgan fingerprint density at radius 3 is 2.34 bits per heavy atom. The highest BCUT2D eigenvalue weighted by Gasteiger charge is 2.38. The molecular weight excluding hydrogens is 376 g/mol. The van der Waals surface area contributed by atoms with Gasteiger partial charge in [0.05, 0.1) is 11.6 Å². The molecule has 1 unspecified atom stereocenters. The molecule has 0 spiro atoms. The van der Waals surface area contributed by atoms with Gasteiger partial charge in [-0.05, 0) is 32.3 Å². The van der Waals surface area contributed by atoms with Gasteiger partial charge in [0.15, 0.2) is 0 Å². The van der Waals surface area contributed by atoms with E-state index in [-0.39, 0.29) is 42.8 Å². The zero-order valence-corrected chi connectivity index (χ0v) is 16.6. The molecule has 2 aromatic carbocycles. The second kappa shape index (κ2) is 9.13. The number of para-hydroxylation sites is 1. The molecule has 1 fully saturated rings. The lowest BCUT2D eigenvalue weighted by Gasteiger charge is -2.27. The molecule has 0 radical (unpaired) electrons. The van der Waals surface area contributed by atoms with Gasteiger partial charge in [0, 0.05) is 38.2 Å². The van der Waals surface area contributed by atoms with Gasteiger partial charge in [-0.15, -0.1) is 0 Å². The summed E-state index contributed by atoms with van der Waals surface area (Å²) in [5, 5.41) is 0. The Morgan fingerprint density at radius 2 is 1.69 bits per heavy atom. The second-order valence-corrected chi connectivity index (χ2v) is 7.51. The highest BCUT2D eigenvalue weighted by molar-refractivity contribution is 6.00. The minimum Gasteiger partial charge on any atom is -0.337 e. The van der Waals surface area contributed by atoms with Crippen molar-refractivity contribution in [2.75, 3.05) is 38.6 Å². The molecule has 0 aliphatic carbocycles. The molecule has 1 saturated heterocycles. The van der Waals surface area contributed by atoms with Crippen LogP contribution in [-0.2, 0) is 16.1 Å². The summed E-state index contributed by atoms with van der Waals surface area (Å²) < 4.78 is 28.2. The maximum atomic E-state index is 14.1. The Hall–Kier alpha value is -2.80. The predicted molar refractivity (Wildman–Crippen MR) is 107 cm³/mol. The van der Waals surface area contributed by atoms with Crippen molar-refractivity contribution in [2.45, 2.75) is 13.0 Å². The van der Waals surface area contributed by atoms with Crippen molar-refractivity contribution in [3.63, 3.8) is 0 Å². The lowest BCUT2D eigenvalue weighted by molar-refractivity contribution is -0.136. The van der Waals surface area contributed by atoms with Crippen molar-refractivity contribution >= 4 is 17.5 Å². The Kier molecular flexibility index (Phi) is 6.59. The molecule has 1 aliphatic rings. The number of nitrogens with zero attached hydrogens (tertiary/aromatic N) is 3. The summed E-state index contributed by atoms with van der Waals surface area (Å²) in [4.78, 5) is 30.5. The summed E-state index contributed by atoms with van der Waals surface area (Å²) in [6.45, 7) is 1.26. The van der Waals surface area contributed by atoms with Crippen LogP contribution in [0.3, 0.4) is 0 Å². The van der Waals surface area contributed by atoms with Crippen LogP contribution in [0.4, 0.5) is 14.5 Å². The number of carbonyl (C=O) groups excluding carboxylic acids is 2. The Bertz CT molecular complexity index is 888. The van der Waals surface area contributed by atoms with Crippen molar-refractivity contribution in [2.24, 2.45) is 5.92 Å². The third kappa shape index (κ3) is 4.98. The first-order valence-electron chi connectivity index (χ1n) is 9.58. The van der Waals surface area contributed by atoms with Gasteiger partial charge < -0.3 is 14.7 Å². The molecule has 0 N–H and O–H groups in total. The van der Waals surface area contributed by atoms with Crippen LogP contribution in [0.15, 0.2) is 48.5 Å². The standard InChI is InChI=1S/C22H25F2N3O2/c1-25(2)11-12-26(14-16-7-3-4-8-18(16)23)22(29)17-13-21(28)27(15-17)20-10-6-5-9-19(20)24/h3-10,17H,11-15H2,1-2H3. The Labute approximate surface area is 169 Å². The molecule has 2 aromatic rings. The van der Waals surface area contributed by atoms with Gasteiger partial charge in [0.25, 0.3) is 0 Å². The van der Waals surface area contributed by atoms with E-state index in [0.29, 0.717) is 18.7 Å². The van der Waals surface area contributed by atoms with Gasteiger partial charge in [0.1, 0.15) is 11.6 Å². The molecule has 29 heavy (non-hydrogen) atoms. The zero-order valence-electron chi connectivity index (χ0n) is 16.6. The molecule has 1 atom stereocenters. The SMILES string of the molecule is CN(C)CCN(Cc1ccccc1F)C(=O)C1CC(=O)N(c2ccccc2F)C1. The number of rotatable bonds is 7. The number of anilines is 1. The number of likely N-dealkylation sites (N-methyl/N-ethyl adjacent to an activating group) is 1. The Balaban J connectivity index is 1.77. The predicted octanol–water partition coefficient (Wildman–Crippen LogP) is 2.91. The molecule has 0 aromatic heterocycles. The fourth-order valence-corrected chi connectivity index (χ4v) is 3.45. The highest BCUT2D eigenvalue weighted by atomic mass is 19.1. The molecule has 1 heterocycles. The van der Waals surface area contributed by atoms with Gasteiger partial charge in [-0.2, -0.15) is 0 Å². The number of hydrogen-bond donors (Lipinski definition) is 0. The maximum Gasteiger partial charge on any atom is 0.228 e. The molecule has 7 heteroatoms. The first-order valence-corrected chi connectivity index (χ1v) is 9.58. The minimum atomic E-state index is -0.587. The van der Waals surface area contributed by atoms with E-state index < -0.39 is 11.7 Å². The van der Waals surface area contributed by atoms with Crippen LogP contribution in [0.5, 0.6) is 0 Å². The number of amides is 2. The number of hydrogen-bond acceptors (Lipinski definition) is 3. The normalized spacial score (nSPS) is 16.5. The van der Waals surface area contributed by atoms with Gasteiger partial charge in [-0.25, -0.2) is 8.78 Å². The zero-order chi connectivity index (χ0) is 21.0. The first kappa shape index (κ1) is 20.9. The first-order chi connectivity index (χ1) is 13.9. The van der Waals surface area contributed by atoms with Gasteiger partial charge in [0.2, 0.25) is 11.8 Å². The van der Waals surface area contributed by atoms with E-state index in [1.165, 1.54) is 23.1 Å². The molecular formula is C22H25F2N3O2. The fourth-order valence-electron chi connectivity index (χ4n) is 3.45. The third-order valence-corrected chi connectivity index (χ3v) is 5.07. The quantitative estimate of drug-likeness (QED) is 0.717. The largest absolute Gasteiger partial charge is 0.337 e. The van der Waals surface area contributed by atoms with Crippen molar-refractivity contribution in [1.82, 2.24) is 9.80 Å². The van der Waals surface area contributed by atoms with E-state index in [0.717, 1.165) is 0 Å². The van der Waals surface area contributed by atoms with E-state index >= 15 is 0 Å². The van der Waals surface area contributed by atoms with Crippen LogP contribution in [0.25, 0.3) is 0 Å². The lowest BCUT2D eigenvalue weighted by atomic mass is 10.1. The molecule has 154 valence electrons. The van der Waals surface area contributed by atoms with Crippen molar-refractivity contribution in [1.29, 1.82) is 0 Å². The molecule has 1 aliphatic heterocycles. The fraction of sp³-hybridized carbons (Fsp3) is 0.364. The lowest BCUT2D eigenvalue weighted by Crippen LogP contribution is -2.40. The van der Waals surface area contributed by atoms with Crippen LogP contribution in [-0.4, -0.2) is 55.3 Å². The highest BCUT2D eigenvalue weighted by Crippen LogP contribution is 2.28. The van der Waals surface area contributed by atoms with E-state index in [9.17, 15) is 18.4 Å². The molecule has 3 rings (SSSR count). The van der Waals surface area contributed by atoms with Gasteiger partial charge in [-0.3, -0.25) is 9.59 Å². The summed E-state index contributed by atoms with van der Waals surface area (Å²) in [5.41, 5.74) is 0.608. The average molecular weight is 401 g/mol. The summed E-state index contributed by atoms with van der Waals surface area (Å²) >= 11 is 0. The molecule has 2 amide bonds. The van der Waals surface area contributed by atoms with Crippen LogP contribution in [0.2, 0.25) is 0 Å². The second-order valence-electron chi connectivity index (χ2n) is 7.51. The van der Waals surface area contributed by atoms with Crippen LogP contribution < -0.4 is 4.90 Å². The van der Waals surface area contributed by atoms with Crippen LogP contribution in [0.1, 0.15) is 12.0 Å². The summed E-state index contributed by atoms with van der Waals surface area (Å²) in [5.74, 6) is -1.96. The Morgan fingerprint density at radius 1 is 1.03 bits per heavy atom. The average Bonchev–Trinajstić information content (AvgIpc) is 3.07. The molecule has 5 nitrogen and oxygen atoms in total. The smallest absolute Gasteiger partial charge is 0.228 e. The van der Waals surface area contributed by atoms with Crippen LogP contribution >= 0.6 is 0 Å². The van der Waals surface area contributed by atoms with E-state index in [1.54, 1.807) is 35.2 Å². The van der Waals surface area contributed by atoms with E-state index in [1.807, 2.05) is 19.0 Å². The van der Waals surface area contributed by atoms with Crippen molar-refractivity contribution in [3.05, 3.63) is 65.7 Å². The monoisotopic (exact) mass is 401 g/mol.